The average molecular weight is 333 g/mol. The van der Waals surface area contributed by atoms with Gasteiger partial charge in [0.05, 0.1) is 5.56 Å². The number of pyridine rings is 1. The highest BCUT2D eigenvalue weighted by Crippen LogP contribution is 2.60. The number of carbonyl (C=O) groups excluding carboxylic acids is 1. The molecule has 25 heavy (non-hydrogen) atoms. The van der Waals surface area contributed by atoms with Crippen molar-refractivity contribution < 1.29 is 9.53 Å². The van der Waals surface area contributed by atoms with Crippen LogP contribution >= 0.6 is 0 Å². The summed E-state index contributed by atoms with van der Waals surface area (Å²) < 4.78 is 5.50. The van der Waals surface area contributed by atoms with E-state index in [1.54, 1.807) is 18.3 Å². The maximum atomic E-state index is 12.2. The van der Waals surface area contributed by atoms with E-state index >= 15 is 0 Å². The van der Waals surface area contributed by atoms with Gasteiger partial charge in [-0.1, -0.05) is 12.1 Å². The third-order valence-electron chi connectivity index (χ3n) is 6.61. The molecule has 4 aliphatic carbocycles. The molecular weight excluding hydrogens is 310 g/mol. The normalized spacial score (nSPS) is 32.6. The van der Waals surface area contributed by atoms with Crippen LogP contribution in [-0.2, 0) is 5.41 Å². The van der Waals surface area contributed by atoms with E-state index in [1.807, 2.05) is 12.1 Å². The fraction of sp³-hybridized carbons (Fsp3) is 0.455. The van der Waals surface area contributed by atoms with Gasteiger partial charge < -0.3 is 4.74 Å². The van der Waals surface area contributed by atoms with Crippen LogP contribution in [0.5, 0.6) is 5.75 Å². The second-order valence-corrected chi connectivity index (χ2v) is 8.35. The van der Waals surface area contributed by atoms with Crippen LogP contribution in [-0.4, -0.2) is 11.0 Å². The van der Waals surface area contributed by atoms with Crippen LogP contribution in [0.3, 0.4) is 0 Å². The van der Waals surface area contributed by atoms with Crippen molar-refractivity contribution >= 4 is 5.97 Å². The van der Waals surface area contributed by atoms with E-state index in [0.29, 0.717) is 16.7 Å². The molecule has 2 aromatic rings. The van der Waals surface area contributed by atoms with Gasteiger partial charge in [-0.3, -0.25) is 4.98 Å². The minimum absolute atomic E-state index is 0.351. The Morgan fingerprint density at radius 2 is 1.60 bits per heavy atom. The molecule has 4 saturated carbocycles. The van der Waals surface area contributed by atoms with Crippen LogP contribution < -0.4 is 4.74 Å². The molecular formula is C22H23NO2. The van der Waals surface area contributed by atoms with Gasteiger partial charge in [0.25, 0.3) is 0 Å². The first-order chi connectivity index (χ1) is 12.2. The standard InChI is InChI=1S/C22H23NO2/c24-21(18-2-1-7-23-14-18)25-20-5-3-19(4-6-20)22-11-15-8-16(12-22)10-17(9-15)13-22/h1-7,14-17H,8-13H2. The maximum Gasteiger partial charge on any atom is 0.345 e. The topological polar surface area (TPSA) is 39.2 Å². The molecule has 0 radical (unpaired) electrons. The summed E-state index contributed by atoms with van der Waals surface area (Å²) in [6.07, 6.45) is 11.6. The zero-order chi connectivity index (χ0) is 16.9. The first-order valence-electron chi connectivity index (χ1n) is 9.43. The molecule has 0 unspecified atom stereocenters. The summed E-state index contributed by atoms with van der Waals surface area (Å²) in [5.74, 6) is 3.08. The van der Waals surface area contributed by atoms with E-state index in [-0.39, 0.29) is 5.97 Å². The highest BCUT2D eigenvalue weighted by molar-refractivity contribution is 5.90. The number of esters is 1. The van der Waals surface area contributed by atoms with Gasteiger partial charge in [-0.05, 0) is 91.5 Å². The second kappa shape index (κ2) is 5.69. The number of aromatic nitrogens is 1. The number of carbonyl (C=O) groups is 1. The van der Waals surface area contributed by atoms with Crippen molar-refractivity contribution in [1.29, 1.82) is 0 Å². The highest BCUT2D eigenvalue weighted by atomic mass is 16.5. The molecule has 0 aliphatic heterocycles. The van der Waals surface area contributed by atoms with Crippen LogP contribution in [0.4, 0.5) is 0 Å². The molecule has 128 valence electrons. The Balaban J connectivity index is 1.35. The van der Waals surface area contributed by atoms with E-state index in [4.69, 9.17) is 4.74 Å². The van der Waals surface area contributed by atoms with Gasteiger partial charge in [0.1, 0.15) is 5.75 Å². The number of hydrogen-bond donors (Lipinski definition) is 0. The Hall–Kier alpha value is -2.16. The molecule has 0 atom stereocenters. The second-order valence-electron chi connectivity index (χ2n) is 8.35. The van der Waals surface area contributed by atoms with E-state index in [0.717, 1.165) is 17.8 Å². The number of benzene rings is 1. The van der Waals surface area contributed by atoms with Gasteiger partial charge in [0.2, 0.25) is 0 Å². The first kappa shape index (κ1) is 15.1. The largest absolute Gasteiger partial charge is 0.423 e. The van der Waals surface area contributed by atoms with E-state index in [9.17, 15) is 4.79 Å². The molecule has 3 nitrogen and oxygen atoms in total. The minimum atomic E-state index is -0.351. The van der Waals surface area contributed by atoms with Crippen LogP contribution in [0.25, 0.3) is 0 Å². The number of nitrogens with zero attached hydrogens (tertiary/aromatic N) is 1. The molecule has 0 spiro atoms. The van der Waals surface area contributed by atoms with Gasteiger partial charge in [-0.2, -0.15) is 0 Å². The lowest BCUT2D eigenvalue weighted by Crippen LogP contribution is -2.48. The number of rotatable bonds is 3. The van der Waals surface area contributed by atoms with Gasteiger partial charge in [0, 0.05) is 12.4 Å². The van der Waals surface area contributed by atoms with Crippen molar-refractivity contribution in [1.82, 2.24) is 4.98 Å². The molecule has 3 heteroatoms. The summed E-state index contributed by atoms with van der Waals surface area (Å²) >= 11 is 0. The predicted molar refractivity (Wildman–Crippen MR) is 95.5 cm³/mol. The summed E-state index contributed by atoms with van der Waals surface area (Å²) in [6.45, 7) is 0. The molecule has 0 amide bonds. The van der Waals surface area contributed by atoms with Crippen molar-refractivity contribution in [3.05, 3.63) is 59.9 Å². The molecule has 6 rings (SSSR count). The van der Waals surface area contributed by atoms with Gasteiger partial charge >= 0.3 is 5.97 Å². The molecule has 0 saturated heterocycles. The Morgan fingerprint density at radius 1 is 0.960 bits per heavy atom. The van der Waals surface area contributed by atoms with Crippen molar-refractivity contribution in [2.75, 3.05) is 0 Å². The highest BCUT2D eigenvalue weighted by Gasteiger charge is 2.51. The van der Waals surface area contributed by atoms with Crippen molar-refractivity contribution in [2.45, 2.75) is 43.9 Å². The summed E-state index contributed by atoms with van der Waals surface area (Å²) in [4.78, 5) is 16.1. The Morgan fingerprint density at radius 3 is 2.16 bits per heavy atom. The molecule has 1 aromatic heterocycles. The molecule has 4 fully saturated rings. The smallest absolute Gasteiger partial charge is 0.345 e. The van der Waals surface area contributed by atoms with Crippen LogP contribution in [0.15, 0.2) is 48.8 Å². The fourth-order valence-corrected chi connectivity index (χ4v) is 5.99. The quantitative estimate of drug-likeness (QED) is 0.600. The third kappa shape index (κ3) is 2.66. The first-order valence-corrected chi connectivity index (χ1v) is 9.43. The van der Waals surface area contributed by atoms with Crippen molar-refractivity contribution in [3.8, 4) is 5.75 Å². The Labute approximate surface area is 148 Å². The Bertz CT molecular complexity index is 746. The average Bonchev–Trinajstić information content (AvgIpc) is 2.62. The molecule has 4 aliphatic rings. The van der Waals surface area contributed by atoms with Gasteiger partial charge in [-0.15, -0.1) is 0 Å². The maximum absolute atomic E-state index is 12.2. The summed E-state index contributed by atoms with van der Waals surface area (Å²) in [5, 5.41) is 0. The van der Waals surface area contributed by atoms with Gasteiger partial charge in [-0.25, -0.2) is 4.79 Å². The molecule has 1 aromatic carbocycles. The number of hydrogen-bond acceptors (Lipinski definition) is 3. The fourth-order valence-electron chi connectivity index (χ4n) is 5.99. The van der Waals surface area contributed by atoms with Crippen LogP contribution in [0, 0.1) is 17.8 Å². The van der Waals surface area contributed by atoms with E-state index in [2.05, 4.69) is 17.1 Å². The lowest BCUT2D eigenvalue weighted by atomic mass is 9.48. The minimum Gasteiger partial charge on any atom is -0.423 e. The summed E-state index contributed by atoms with van der Waals surface area (Å²) in [6, 6.07) is 11.8. The zero-order valence-electron chi connectivity index (χ0n) is 14.4. The zero-order valence-corrected chi connectivity index (χ0v) is 14.4. The number of ether oxygens (including phenoxy) is 1. The van der Waals surface area contributed by atoms with Gasteiger partial charge in [0.15, 0.2) is 0 Å². The monoisotopic (exact) mass is 333 g/mol. The summed E-state index contributed by atoms with van der Waals surface area (Å²) in [7, 11) is 0. The third-order valence-corrected chi connectivity index (χ3v) is 6.61. The van der Waals surface area contributed by atoms with E-state index in [1.165, 1.54) is 50.3 Å². The SMILES string of the molecule is O=C(Oc1ccc(C23CC4CC(CC(C4)C2)C3)cc1)c1cccnc1. The lowest BCUT2D eigenvalue weighted by molar-refractivity contribution is -0.00519. The van der Waals surface area contributed by atoms with Crippen molar-refractivity contribution in [2.24, 2.45) is 17.8 Å². The lowest BCUT2D eigenvalue weighted by Gasteiger charge is -2.57. The van der Waals surface area contributed by atoms with Crippen molar-refractivity contribution in [3.63, 3.8) is 0 Å². The summed E-state index contributed by atoms with van der Waals surface area (Å²) in [5.41, 5.74) is 2.32. The van der Waals surface area contributed by atoms with Crippen LogP contribution in [0.1, 0.15) is 54.4 Å². The molecule has 1 heterocycles. The molecule has 4 bridgehead atoms. The Kier molecular flexibility index (Phi) is 3.44. The van der Waals surface area contributed by atoms with Crippen LogP contribution in [0.2, 0.25) is 0 Å². The molecule has 0 N–H and O–H groups in total. The predicted octanol–water partition coefficient (Wildman–Crippen LogP) is 4.77. The van der Waals surface area contributed by atoms with E-state index < -0.39 is 0 Å².